The number of pyridine rings is 1. The van der Waals surface area contributed by atoms with Gasteiger partial charge < -0.3 is 19.9 Å². The van der Waals surface area contributed by atoms with Crippen molar-refractivity contribution in [2.24, 2.45) is 10.8 Å². The average molecular weight is 479 g/mol. The molecule has 1 saturated heterocycles. The third kappa shape index (κ3) is 4.76. The van der Waals surface area contributed by atoms with E-state index in [1.807, 2.05) is 0 Å². The largest absolute Gasteiger partial charge is 0.444 e. The molecule has 11 nitrogen and oxygen atoms in total. The Morgan fingerprint density at radius 1 is 1.20 bits per heavy atom. The monoisotopic (exact) mass is 479 g/mol. The number of hydrazone groups is 1. The van der Waals surface area contributed by atoms with Crippen molar-refractivity contribution in [1.82, 2.24) is 15.1 Å². The average Bonchev–Trinajstić information content (AvgIpc) is 3.52. The minimum Gasteiger partial charge on any atom is -0.444 e. The van der Waals surface area contributed by atoms with Crippen LogP contribution < -0.4 is 15.5 Å². The summed E-state index contributed by atoms with van der Waals surface area (Å²) in [6.07, 6.45) is 4.92. The molecule has 180 valence electrons. The maximum atomic E-state index is 15.0. The zero-order chi connectivity index (χ0) is 24.4. The van der Waals surface area contributed by atoms with Gasteiger partial charge in [0, 0.05) is 29.9 Å². The van der Waals surface area contributed by atoms with E-state index in [1.165, 1.54) is 23.6 Å². The molecule has 1 atom stereocenters. The third-order valence-corrected chi connectivity index (χ3v) is 5.84. The summed E-state index contributed by atoms with van der Waals surface area (Å²) in [4.78, 5) is 31.1. The molecule has 0 unspecified atom stereocenters. The summed E-state index contributed by atoms with van der Waals surface area (Å²) in [6, 6.07) is 9.26. The van der Waals surface area contributed by atoms with Crippen molar-refractivity contribution in [3.63, 3.8) is 0 Å². The highest BCUT2D eigenvalue weighted by atomic mass is 19.1. The minimum absolute atomic E-state index is 0.313. The number of ether oxygens (including phenoxy) is 1. The third-order valence-electron chi connectivity index (χ3n) is 5.84. The van der Waals surface area contributed by atoms with Crippen LogP contribution in [0.4, 0.5) is 25.5 Å². The lowest BCUT2D eigenvalue weighted by molar-refractivity contribution is 0.136. The summed E-state index contributed by atoms with van der Waals surface area (Å²) >= 11 is 0. The fourth-order valence-corrected chi connectivity index (χ4v) is 3.96. The van der Waals surface area contributed by atoms with Crippen LogP contribution in [0.1, 0.15) is 12.1 Å². The van der Waals surface area contributed by atoms with E-state index in [2.05, 4.69) is 15.2 Å². The Bertz CT molecular complexity index is 1250. The molecule has 5 rings (SSSR count). The second kappa shape index (κ2) is 9.41. The van der Waals surface area contributed by atoms with E-state index < -0.39 is 17.9 Å². The zero-order valence-electron chi connectivity index (χ0n) is 18.6. The fraction of sp³-hybridized carbons (Fsp3) is 0.261. The van der Waals surface area contributed by atoms with Gasteiger partial charge in [0.2, 0.25) is 0 Å². The van der Waals surface area contributed by atoms with E-state index in [0.29, 0.717) is 55.1 Å². The number of primary amides is 1. The number of benzene rings is 1. The molecule has 2 N–H and O–H groups in total. The molecule has 0 saturated carbocycles. The number of carbonyl (C=O) groups excluding carboxylic acids is 2. The van der Waals surface area contributed by atoms with Crippen molar-refractivity contribution >= 4 is 30.0 Å². The second-order valence-electron chi connectivity index (χ2n) is 8.10. The molecule has 3 amide bonds. The zero-order valence-corrected chi connectivity index (χ0v) is 18.6. The number of aromatic nitrogens is 2. The number of halogens is 1. The fourth-order valence-electron chi connectivity index (χ4n) is 3.96. The predicted molar refractivity (Wildman–Crippen MR) is 124 cm³/mol. The highest BCUT2D eigenvalue weighted by molar-refractivity contribution is 5.90. The smallest absolute Gasteiger partial charge is 0.414 e. The molecule has 0 aliphatic carbocycles. The van der Waals surface area contributed by atoms with Crippen molar-refractivity contribution in [2.45, 2.75) is 18.9 Å². The number of hydrogen-bond donors (Lipinski definition) is 1. The lowest BCUT2D eigenvalue weighted by Gasteiger charge is -2.26. The summed E-state index contributed by atoms with van der Waals surface area (Å²) < 4.78 is 25.3. The van der Waals surface area contributed by atoms with E-state index in [9.17, 15) is 9.59 Å². The molecule has 2 aliphatic heterocycles. The highest BCUT2D eigenvalue weighted by Gasteiger charge is 2.32. The first-order valence-corrected chi connectivity index (χ1v) is 11.0. The van der Waals surface area contributed by atoms with Crippen molar-refractivity contribution in [2.75, 3.05) is 29.4 Å². The van der Waals surface area contributed by atoms with Gasteiger partial charge in [-0.3, -0.25) is 4.90 Å². The molecule has 1 aromatic carbocycles. The van der Waals surface area contributed by atoms with Crippen molar-refractivity contribution in [1.29, 1.82) is 0 Å². The molecule has 35 heavy (non-hydrogen) atoms. The maximum Gasteiger partial charge on any atom is 0.414 e. The Balaban J connectivity index is 1.25. The molecule has 4 heterocycles. The SMILES string of the molecule is NC(=O)N1CCN(c2ccc(-c3ccc(N4C[C@H](CCc5ccon5)OC4=O)cc3F)cn2)C=N1. The summed E-state index contributed by atoms with van der Waals surface area (Å²) in [7, 11) is 0. The van der Waals surface area contributed by atoms with Gasteiger partial charge in [0.05, 0.1) is 24.5 Å². The molecule has 0 spiro atoms. The van der Waals surface area contributed by atoms with Gasteiger partial charge in [0.1, 0.15) is 30.3 Å². The summed E-state index contributed by atoms with van der Waals surface area (Å²) in [5.41, 5.74) is 7.37. The van der Waals surface area contributed by atoms with E-state index >= 15 is 4.39 Å². The molecule has 2 aliphatic rings. The van der Waals surface area contributed by atoms with Gasteiger partial charge in [-0.05, 0) is 43.2 Å². The van der Waals surface area contributed by atoms with Gasteiger partial charge in [-0.1, -0.05) is 5.16 Å². The van der Waals surface area contributed by atoms with Crippen LogP contribution in [0.2, 0.25) is 0 Å². The van der Waals surface area contributed by atoms with Gasteiger partial charge in [-0.15, -0.1) is 0 Å². The first-order valence-electron chi connectivity index (χ1n) is 11.0. The lowest BCUT2D eigenvalue weighted by Crippen LogP contribution is -2.43. The number of nitrogens with zero attached hydrogens (tertiary/aromatic N) is 6. The predicted octanol–water partition coefficient (Wildman–Crippen LogP) is 2.98. The van der Waals surface area contributed by atoms with Gasteiger partial charge in [0.15, 0.2) is 0 Å². The maximum absolute atomic E-state index is 15.0. The quantitative estimate of drug-likeness (QED) is 0.575. The first kappa shape index (κ1) is 22.3. The molecule has 0 bridgehead atoms. The van der Waals surface area contributed by atoms with Crippen molar-refractivity contribution in [3.05, 3.63) is 60.4 Å². The van der Waals surface area contributed by atoms with Gasteiger partial charge in [0.25, 0.3) is 0 Å². The van der Waals surface area contributed by atoms with Crippen LogP contribution in [-0.4, -0.2) is 59.4 Å². The molecular weight excluding hydrogens is 457 g/mol. The number of urea groups is 1. The number of amides is 3. The van der Waals surface area contributed by atoms with E-state index in [1.54, 1.807) is 41.4 Å². The minimum atomic E-state index is -0.618. The molecule has 0 radical (unpaired) electrons. The van der Waals surface area contributed by atoms with Gasteiger partial charge in [-0.25, -0.2) is 24.0 Å². The van der Waals surface area contributed by atoms with E-state index in [-0.39, 0.29) is 6.10 Å². The number of nitrogens with two attached hydrogens (primary N) is 1. The summed E-state index contributed by atoms with van der Waals surface area (Å²) in [5.74, 6) is 0.127. The number of anilines is 2. The van der Waals surface area contributed by atoms with Crippen molar-refractivity contribution < 1.29 is 23.2 Å². The number of aryl methyl sites for hydroxylation is 1. The number of rotatable bonds is 6. The topological polar surface area (TPSA) is 130 Å². The van der Waals surface area contributed by atoms with Gasteiger partial charge in [-0.2, -0.15) is 5.10 Å². The van der Waals surface area contributed by atoms with Crippen molar-refractivity contribution in [3.8, 4) is 11.1 Å². The molecule has 2 aromatic heterocycles. The lowest BCUT2D eigenvalue weighted by atomic mass is 10.1. The van der Waals surface area contributed by atoms with Crippen LogP contribution in [0.3, 0.4) is 0 Å². The Morgan fingerprint density at radius 3 is 2.74 bits per heavy atom. The van der Waals surface area contributed by atoms with Crippen LogP contribution in [0.15, 0.2) is 58.5 Å². The summed E-state index contributed by atoms with van der Waals surface area (Å²) in [5, 5.41) is 8.99. The molecule has 12 heteroatoms. The van der Waals surface area contributed by atoms with Crippen LogP contribution in [-0.2, 0) is 11.2 Å². The summed E-state index contributed by atoms with van der Waals surface area (Å²) in [6.45, 7) is 1.15. The number of hydrogen-bond acceptors (Lipinski definition) is 8. The number of carbonyl (C=O) groups is 2. The Kier molecular flexibility index (Phi) is 6.00. The van der Waals surface area contributed by atoms with E-state index in [0.717, 1.165) is 10.7 Å². The standard InChI is InChI=1S/C23H22FN7O4/c24-20-11-17(30-13-18(35-23(30)33)4-2-16-7-10-34-28-16)3-5-19(20)15-1-6-21(26-12-15)29-8-9-31(22(25)32)27-14-29/h1,3,5-7,10-12,14,18H,2,4,8-9,13H2,(H2,25,32)/t18-/m0/s1. The second-order valence-corrected chi connectivity index (χ2v) is 8.10. The normalized spacial score (nSPS) is 17.7. The van der Waals surface area contributed by atoms with E-state index in [4.69, 9.17) is 15.0 Å². The molecule has 3 aromatic rings. The van der Waals surface area contributed by atoms with Crippen LogP contribution >= 0.6 is 0 Å². The molecular formula is C23H22FN7O4. The van der Waals surface area contributed by atoms with Crippen LogP contribution in [0, 0.1) is 5.82 Å². The number of cyclic esters (lactones) is 1. The first-order chi connectivity index (χ1) is 17.0. The van der Waals surface area contributed by atoms with Crippen LogP contribution in [0.5, 0.6) is 0 Å². The Morgan fingerprint density at radius 2 is 2.09 bits per heavy atom. The van der Waals surface area contributed by atoms with Gasteiger partial charge >= 0.3 is 12.1 Å². The highest BCUT2D eigenvalue weighted by Crippen LogP contribution is 2.30. The van der Waals surface area contributed by atoms with Crippen LogP contribution in [0.25, 0.3) is 11.1 Å². The Labute approximate surface area is 199 Å². The Hall–Kier alpha value is -4.48. The molecule has 1 fully saturated rings.